The molecule has 1 amide bonds. The van der Waals surface area contributed by atoms with Crippen molar-refractivity contribution in [2.24, 2.45) is 5.92 Å². The number of rotatable bonds is 5. The number of nitrogens with zero attached hydrogens (tertiary/aromatic N) is 3. The highest BCUT2D eigenvalue weighted by Gasteiger charge is 2.31. The summed E-state index contributed by atoms with van der Waals surface area (Å²) in [6, 6.07) is 7.78. The van der Waals surface area contributed by atoms with E-state index in [2.05, 4.69) is 5.10 Å². The molecule has 0 spiro atoms. The third-order valence-corrected chi connectivity index (χ3v) is 6.36. The summed E-state index contributed by atoms with van der Waals surface area (Å²) in [5.41, 5.74) is 3.93. The van der Waals surface area contributed by atoms with Gasteiger partial charge >= 0.3 is 0 Å². The van der Waals surface area contributed by atoms with E-state index in [0.29, 0.717) is 25.7 Å². The summed E-state index contributed by atoms with van der Waals surface area (Å²) in [6.07, 6.45) is 5.29. The number of hydrogen-bond acceptors (Lipinski definition) is 4. The summed E-state index contributed by atoms with van der Waals surface area (Å²) in [5.74, 6) is 0.424. The molecule has 160 valence electrons. The largest absolute Gasteiger partial charge is 0.350 e. The van der Waals surface area contributed by atoms with E-state index in [9.17, 15) is 4.79 Å². The van der Waals surface area contributed by atoms with Gasteiger partial charge in [-0.25, -0.2) is 0 Å². The third kappa shape index (κ3) is 4.61. The second kappa shape index (κ2) is 9.33. The summed E-state index contributed by atoms with van der Waals surface area (Å²) in [5, 5.41) is 5.38. The van der Waals surface area contributed by atoms with Gasteiger partial charge in [-0.2, -0.15) is 5.10 Å². The topological polar surface area (TPSA) is 56.6 Å². The molecular weight excluding hydrogens is 402 g/mol. The molecular formula is C23H28ClN3O3. The lowest BCUT2D eigenvalue weighted by Crippen LogP contribution is -2.40. The standard InChI is InChI=1S/C23H28ClN3O3/c1-16-20(17(2)27(25-16)15-19-5-3-4-6-21(19)24)7-8-22(28)26-11-9-18(10-12-26)23-29-13-14-30-23/h3-8,18,23H,9-15H2,1-2H3/b8-7+. The van der Waals surface area contributed by atoms with Crippen molar-refractivity contribution in [1.29, 1.82) is 0 Å². The Morgan fingerprint density at radius 3 is 2.60 bits per heavy atom. The van der Waals surface area contributed by atoms with Crippen molar-refractivity contribution >= 4 is 23.6 Å². The molecule has 1 aromatic carbocycles. The first-order chi connectivity index (χ1) is 14.5. The van der Waals surface area contributed by atoms with Crippen LogP contribution < -0.4 is 0 Å². The van der Waals surface area contributed by atoms with Gasteiger partial charge in [-0.3, -0.25) is 9.48 Å². The number of aryl methyl sites for hydroxylation is 1. The number of amides is 1. The van der Waals surface area contributed by atoms with Gasteiger partial charge < -0.3 is 14.4 Å². The fourth-order valence-electron chi connectivity index (χ4n) is 4.19. The maximum atomic E-state index is 12.7. The van der Waals surface area contributed by atoms with E-state index in [1.807, 2.05) is 53.8 Å². The highest BCUT2D eigenvalue weighted by atomic mass is 35.5. The van der Waals surface area contributed by atoms with Crippen molar-refractivity contribution in [3.05, 3.63) is 57.9 Å². The van der Waals surface area contributed by atoms with Crippen LogP contribution in [0.4, 0.5) is 0 Å². The first kappa shape index (κ1) is 21.1. The van der Waals surface area contributed by atoms with Crippen LogP contribution in [0.2, 0.25) is 5.02 Å². The maximum absolute atomic E-state index is 12.7. The Labute approximate surface area is 182 Å². The molecule has 3 heterocycles. The van der Waals surface area contributed by atoms with Crippen molar-refractivity contribution in [3.8, 4) is 0 Å². The zero-order chi connectivity index (χ0) is 21.1. The lowest BCUT2D eigenvalue weighted by Gasteiger charge is -2.33. The molecule has 0 aliphatic carbocycles. The van der Waals surface area contributed by atoms with Crippen LogP contribution in [0, 0.1) is 19.8 Å². The number of carbonyl (C=O) groups is 1. The van der Waals surface area contributed by atoms with E-state index < -0.39 is 0 Å². The second-order valence-electron chi connectivity index (χ2n) is 7.94. The van der Waals surface area contributed by atoms with Crippen LogP contribution >= 0.6 is 11.6 Å². The van der Waals surface area contributed by atoms with E-state index >= 15 is 0 Å². The number of likely N-dealkylation sites (tertiary alicyclic amines) is 1. The molecule has 0 saturated carbocycles. The number of halogens is 1. The summed E-state index contributed by atoms with van der Waals surface area (Å²) in [6.45, 7) is 7.42. The van der Waals surface area contributed by atoms with E-state index in [4.69, 9.17) is 21.1 Å². The van der Waals surface area contributed by atoms with Gasteiger partial charge in [0.05, 0.1) is 25.5 Å². The monoisotopic (exact) mass is 429 g/mol. The van der Waals surface area contributed by atoms with Crippen molar-refractivity contribution in [2.45, 2.75) is 39.5 Å². The number of ether oxygens (including phenoxy) is 2. The predicted molar refractivity (Wildman–Crippen MR) is 116 cm³/mol. The van der Waals surface area contributed by atoms with Gasteiger partial charge in [-0.05, 0) is 44.4 Å². The molecule has 2 saturated heterocycles. The van der Waals surface area contributed by atoms with Gasteiger partial charge in [-0.15, -0.1) is 0 Å². The zero-order valence-electron chi connectivity index (χ0n) is 17.5. The zero-order valence-corrected chi connectivity index (χ0v) is 18.3. The Morgan fingerprint density at radius 2 is 1.90 bits per heavy atom. The Hall–Kier alpha value is -2.15. The van der Waals surface area contributed by atoms with E-state index in [1.54, 1.807) is 6.08 Å². The lowest BCUT2D eigenvalue weighted by atomic mass is 9.96. The maximum Gasteiger partial charge on any atom is 0.246 e. The first-order valence-electron chi connectivity index (χ1n) is 10.5. The minimum absolute atomic E-state index is 0.0411. The van der Waals surface area contributed by atoms with E-state index in [-0.39, 0.29) is 12.2 Å². The van der Waals surface area contributed by atoms with Gasteiger partial charge in [0.2, 0.25) is 5.91 Å². The smallest absolute Gasteiger partial charge is 0.246 e. The molecule has 30 heavy (non-hydrogen) atoms. The molecule has 6 nitrogen and oxygen atoms in total. The number of carbonyl (C=O) groups excluding carboxylic acids is 1. The van der Waals surface area contributed by atoms with Crippen molar-refractivity contribution in [3.63, 3.8) is 0 Å². The Kier molecular flexibility index (Phi) is 6.56. The van der Waals surface area contributed by atoms with Crippen LogP contribution in [0.1, 0.15) is 35.4 Å². The van der Waals surface area contributed by atoms with Gasteiger partial charge in [0.15, 0.2) is 6.29 Å². The number of piperidine rings is 1. The molecule has 2 aromatic rings. The number of aromatic nitrogens is 2. The van der Waals surface area contributed by atoms with Crippen molar-refractivity contribution in [1.82, 2.24) is 14.7 Å². The molecule has 2 fully saturated rings. The molecule has 7 heteroatoms. The molecule has 1 aromatic heterocycles. The highest BCUT2D eigenvalue weighted by Crippen LogP contribution is 2.26. The Morgan fingerprint density at radius 1 is 1.20 bits per heavy atom. The fourth-order valence-corrected chi connectivity index (χ4v) is 4.39. The van der Waals surface area contributed by atoms with Crippen LogP contribution in [-0.2, 0) is 20.8 Å². The van der Waals surface area contributed by atoms with Crippen LogP contribution in [0.3, 0.4) is 0 Å². The summed E-state index contributed by atoms with van der Waals surface area (Å²) in [4.78, 5) is 14.6. The molecule has 2 aliphatic heterocycles. The molecule has 2 aliphatic rings. The minimum Gasteiger partial charge on any atom is -0.350 e. The Bertz CT molecular complexity index is 926. The Balaban J connectivity index is 1.38. The molecule has 0 unspecified atom stereocenters. The van der Waals surface area contributed by atoms with E-state index in [0.717, 1.165) is 53.5 Å². The minimum atomic E-state index is -0.0907. The van der Waals surface area contributed by atoms with Gasteiger partial charge in [0.25, 0.3) is 0 Å². The average molecular weight is 430 g/mol. The molecule has 4 rings (SSSR count). The summed E-state index contributed by atoms with van der Waals surface area (Å²) < 4.78 is 13.2. The van der Waals surface area contributed by atoms with Crippen LogP contribution in [0.15, 0.2) is 30.3 Å². The molecule has 0 N–H and O–H groups in total. The quantitative estimate of drug-likeness (QED) is 0.678. The molecule has 0 atom stereocenters. The predicted octanol–water partition coefficient (Wildman–Crippen LogP) is 3.83. The number of hydrogen-bond donors (Lipinski definition) is 0. The number of benzene rings is 1. The fraction of sp³-hybridized carbons (Fsp3) is 0.478. The van der Waals surface area contributed by atoms with Gasteiger partial charge in [-0.1, -0.05) is 29.8 Å². The van der Waals surface area contributed by atoms with E-state index in [1.165, 1.54) is 0 Å². The van der Waals surface area contributed by atoms with Crippen molar-refractivity contribution in [2.75, 3.05) is 26.3 Å². The van der Waals surface area contributed by atoms with Crippen molar-refractivity contribution < 1.29 is 14.3 Å². The van der Waals surface area contributed by atoms with Gasteiger partial charge in [0, 0.05) is 41.4 Å². The van der Waals surface area contributed by atoms with Crippen LogP contribution in [0.5, 0.6) is 0 Å². The van der Waals surface area contributed by atoms with Crippen LogP contribution in [-0.4, -0.2) is 53.2 Å². The lowest BCUT2D eigenvalue weighted by molar-refractivity contribution is -0.131. The van der Waals surface area contributed by atoms with Gasteiger partial charge in [0.1, 0.15) is 0 Å². The first-order valence-corrected chi connectivity index (χ1v) is 10.9. The molecule has 0 radical (unpaired) electrons. The normalized spacial score (nSPS) is 18.6. The second-order valence-corrected chi connectivity index (χ2v) is 8.35. The SMILES string of the molecule is Cc1nn(Cc2ccccc2Cl)c(C)c1/C=C/C(=O)N1CCC(C2OCCO2)CC1. The van der Waals surface area contributed by atoms with Crippen LogP contribution in [0.25, 0.3) is 6.08 Å². The summed E-state index contributed by atoms with van der Waals surface area (Å²) >= 11 is 6.29. The average Bonchev–Trinajstić information content (AvgIpc) is 3.37. The molecule has 0 bridgehead atoms. The summed E-state index contributed by atoms with van der Waals surface area (Å²) in [7, 11) is 0. The third-order valence-electron chi connectivity index (χ3n) is 5.99. The highest BCUT2D eigenvalue weighted by molar-refractivity contribution is 6.31.